The number of ether oxygens (including phenoxy) is 1. The van der Waals surface area contributed by atoms with Crippen molar-refractivity contribution in [2.75, 3.05) is 13.2 Å². The molecular formula is C13H15NO2. The molecule has 0 unspecified atom stereocenters. The Morgan fingerprint density at radius 1 is 1.50 bits per heavy atom. The van der Waals surface area contributed by atoms with Crippen LogP contribution in [-0.2, 0) is 4.79 Å². The molecule has 16 heavy (non-hydrogen) atoms. The number of hydrogen-bond acceptors (Lipinski definition) is 2. The van der Waals surface area contributed by atoms with Crippen molar-refractivity contribution in [1.82, 2.24) is 5.32 Å². The number of benzene rings is 1. The summed E-state index contributed by atoms with van der Waals surface area (Å²) in [5, 5.41) is 2.67. The van der Waals surface area contributed by atoms with Crippen molar-refractivity contribution in [2.24, 2.45) is 0 Å². The molecule has 0 bridgehead atoms. The molecule has 1 amide bonds. The lowest BCUT2D eigenvalue weighted by Crippen LogP contribution is -2.29. The van der Waals surface area contributed by atoms with E-state index in [9.17, 15) is 4.79 Å². The van der Waals surface area contributed by atoms with Gasteiger partial charge >= 0.3 is 0 Å². The first-order valence-corrected chi connectivity index (χ1v) is 5.12. The van der Waals surface area contributed by atoms with Crippen LogP contribution in [0, 0.1) is 19.3 Å². The van der Waals surface area contributed by atoms with E-state index >= 15 is 0 Å². The van der Waals surface area contributed by atoms with Crippen LogP contribution in [0.5, 0.6) is 5.75 Å². The summed E-state index contributed by atoms with van der Waals surface area (Å²) in [6.07, 6.45) is 5.60. The summed E-state index contributed by atoms with van der Waals surface area (Å²) in [7, 11) is 0. The predicted octanol–water partition coefficient (Wildman–Crippen LogP) is 1.51. The second kappa shape index (κ2) is 6.52. The van der Waals surface area contributed by atoms with E-state index in [-0.39, 0.29) is 12.5 Å². The number of amides is 1. The Hall–Kier alpha value is -1.95. The van der Waals surface area contributed by atoms with E-state index in [0.717, 1.165) is 11.3 Å². The van der Waals surface area contributed by atoms with Gasteiger partial charge in [0, 0.05) is 13.0 Å². The molecule has 1 aromatic carbocycles. The van der Waals surface area contributed by atoms with Crippen molar-refractivity contribution in [1.29, 1.82) is 0 Å². The summed E-state index contributed by atoms with van der Waals surface area (Å²) in [6, 6.07) is 7.57. The van der Waals surface area contributed by atoms with Gasteiger partial charge in [-0.3, -0.25) is 4.79 Å². The van der Waals surface area contributed by atoms with Gasteiger partial charge in [0.05, 0.1) is 0 Å². The van der Waals surface area contributed by atoms with E-state index in [2.05, 4.69) is 11.2 Å². The Balaban J connectivity index is 2.32. The molecule has 0 fully saturated rings. The zero-order valence-electron chi connectivity index (χ0n) is 9.32. The summed E-state index contributed by atoms with van der Waals surface area (Å²) in [5.41, 5.74) is 1.01. The predicted molar refractivity (Wildman–Crippen MR) is 63.1 cm³/mol. The smallest absolute Gasteiger partial charge is 0.257 e. The van der Waals surface area contributed by atoms with Crippen LogP contribution in [0.15, 0.2) is 24.3 Å². The highest BCUT2D eigenvalue weighted by molar-refractivity contribution is 5.77. The SMILES string of the molecule is C#CCCNC(=O)COc1ccccc1C. The average molecular weight is 217 g/mol. The third kappa shape index (κ3) is 4.05. The Bertz CT molecular complexity index is 393. The van der Waals surface area contributed by atoms with Crippen LogP contribution < -0.4 is 10.1 Å². The fourth-order valence-electron chi connectivity index (χ4n) is 1.19. The van der Waals surface area contributed by atoms with Crippen LogP contribution in [0.1, 0.15) is 12.0 Å². The van der Waals surface area contributed by atoms with Crippen LogP contribution in [0.25, 0.3) is 0 Å². The van der Waals surface area contributed by atoms with Crippen LogP contribution in [0.3, 0.4) is 0 Å². The van der Waals surface area contributed by atoms with Crippen molar-refractivity contribution in [3.05, 3.63) is 29.8 Å². The molecule has 0 saturated carbocycles. The summed E-state index contributed by atoms with van der Waals surface area (Å²) < 4.78 is 5.37. The minimum Gasteiger partial charge on any atom is -0.484 e. The molecule has 0 aliphatic heterocycles. The number of aryl methyl sites for hydroxylation is 1. The standard InChI is InChI=1S/C13H15NO2/c1-3-4-9-14-13(15)10-16-12-8-6-5-7-11(12)2/h1,5-8H,4,9-10H2,2H3,(H,14,15). The highest BCUT2D eigenvalue weighted by Crippen LogP contribution is 2.15. The number of hydrogen-bond donors (Lipinski definition) is 1. The minimum atomic E-state index is -0.154. The second-order valence-corrected chi connectivity index (χ2v) is 3.36. The van der Waals surface area contributed by atoms with Crippen molar-refractivity contribution in [2.45, 2.75) is 13.3 Å². The first-order valence-electron chi connectivity index (χ1n) is 5.12. The molecule has 1 aromatic rings. The molecule has 0 aromatic heterocycles. The molecular weight excluding hydrogens is 202 g/mol. The summed E-state index contributed by atoms with van der Waals surface area (Å²) in [4.78, 5) is 11.3. The quantitative estimate of drug-likeness (QED) is 0.599. The minimum absolute atomic E-state index is 0.0232. The largest absolute Gasteiger partial charge is 0.484 e. The molecule has 3 heteroatoms. The topological polar surface area (TPSA) is 38.3 Å². The maximum atomic E-state index is 11.3. The fraction of sp³-hybridized carbons (Fsp3) is 0.308. The van der Waals surface area contributed by atoms with Gasteiger partial charge in [-0.1, -0.05) is 18.2 Å². The highest BCUT2D eigenvalue weighted by Gasteiger charge is 2.02. The molecule has 0 spiro atoms. The van der Waals surface area contributed by atoms with Gasteiger partial charge in [-0.25, -0.2) is 0 Å². The number of terminal acetylenes is 1. The van der Waals surface area contributed by atoms with E-state index in [4.69, 9.17) is 11.2 Å². The lowest BCUT2D eigenvalue weighted by molar-refractivity contribution is -0.123. The first kappa shape index (κ1) is 12.1. The maximum absolute atomic E-state index is 11.3. The van der Waals surface area contributed by atoms with E-state index in [1.807, 2.05) is 31.2 Å². The fourth-order valence-corrected chi connectivity index (χ4v) is 1.19. The molecule has 0 radical (unpaired) electrons. The highest BCUT2D eigenvalue weighted by atomic mass is 16.5. The van der Waals surface area contributed by atoms with Gasteiger partial charge in [-0.05, 0) is 18.6 Å². The lowest BCUT2D eigenvalue weighted by Gasteiger charge is -2.08. The zero-order valence-corrected chi connectivity index (χ0v) is 9.32. The summed E-state index contributed by atoms with van der Waals surface area (Å²) in [5.74, 6) is 3.03. The Morgan fingerprint density at radius 3 is 2.94 bits per heavy atom. The van der Waals surface area contributed by atoms with Gasteiger partial charge < -0.3 is 10.1 Å². The van der Waals surface area contributed by atoms with Crippen LogP contribution in [-0.4, -0.2) is 19.1 Å². The number of rotatable bonds is 5. The van der Waals surface area contributed by atoms with Crippen LogP contribution in [0.2, 0.25) is 0 Å². The molecule has 0 saturated heterocycles. The Kier molecular flexibility index (Phi) is 4.94. The van der Waals surface area contributed by atoms with E-state index in [1.54, 1.807) is 0 Å². The molecule has 1 N–H and O–H groups in total. The molecule has 84 valence electrons. The zero-order chi connectivity index (χ0) is 11.8. The second-order valence-electron chi connectivity index (χ2n) is 3.36. The number of carbonyl (C=O) groups is 1. The van der Waals surface area contributed by atoms with Gasteiger partial charge in [0.15, 0.2) is 6.61 Å². The third-order valence-corrected chi connectivity index (χ3v) is 2.04. The average Bonchev–Trinajstić information content (AvgIpc) is 2.28. The van der Waals surface area contributed by atoms with E-state index in [1.165, 1.54) is 0 Å². The Labute approximate surface area is 95.8 Å². The number of nitrogens with one attached hydrogen (secondary N) is 1. The molecule has 3 nitrogen and oxygen atoms in total. The Morgan fingerprint density at radius 2 is 2.25 bits per heavy atom. The van der Waals surface area contributed by atoms with E-state index < -0.39 is 0 Å². The van der Waals surface area contributed by atoms with Crippen molar-refractivity contribution in [3.8, 4) is 18.1 Å². The molecule has 1 rings (SSSR count). The van der Waals surface area contributed by atoms with Gasteiger partial charge in [0.2, 0.25) is 0 Å². The van der Waals surface area contributed by atoms with Gasteiger partial charge in [-0.15, -0.1) is 12.3 Å². The number of carbonyl (C=O) groups excluding carboxylic acids is 1. The molecule has 0 aliphatic carbocycles. The monoisotopic (exact) mass is 217 g/mol. The van der Waals surface area contributed by atoms with Gasteiger partial charge in [0.1, 0.15) is 5.75 Å². The first-order chi connectivity index (χ1) is 7.74. The molecule has 0 heterocycles. The van der Waals surface area contributed by atoms with Gasteiger partial charge in [0.25, 0.3) is 5.91 Å². The van der Waals surface area contributed by atoms with Crippen LogP contribution >= 0.6 is 0 Å². The summed E-state index contributed by atoms with van der Waals surface area (Å²) >= 11 is 0. The normalized spacial score (nSPS) is 9.25. The van der Waals surface area contributed by atoms with Crippen LogP contribution in [0.4, 0.5) is 0 Å². The van der Waals surface area contributed by atoms with Crippen molar-refractivity contribution in [3.63, 3.8) is 0 Å². The maximum Gasteiger partial charge on any atom is 0.257 e. The van der Waals surface area contributed by atoms with Gasteiger partial charge in [-0.2, -0.15) is 0 Å². The third-order valence-electron chi connectivity index (χ3n) is 2.04. The van der Waals surface area contributed by atoms with Crippen molar-refractivity contribution >= 4 is 5.91 Å². The van der Waals surface area contributed by atoms with Crippen molar-refractivity contribution < 1.29 is 9.53 Å². The molecule has 0 atom stereocenters. The number of para-hydroxylation sites is 1. The van der Waals surface area contributed by atoms with E-state index in [0.29, 0.717) is 13.0 Å². The molecule has 0 aliphatic rings. The lowest BCUT2D eigenvalue weighted by atomic mass is 10.2. The summed E-state index contributed by atoms with van der Waals surface area (Å²) in [6.45, 7) is 2.45.